The third-order valence-electron chi connectivity index (χ3n) is 5.86. The Morgan fingerprint density at radius 1 is 1.40 bits per heavy atom. The highest BCUT2D eigenvalue weighted by molar-refractivity contribution is 5.65. The summed E-state index contributed by atoms with van der Waals surface area (Å²) in [6.07, 6.45) is 3.84. The zero-order valence-corrected chi connectivity index (χ0v) is 13.2. The Labute approximate surface area is 122 Å². The number of carbonyl (C=O) groups excluding carboxylic acids is 1. The molecule has 0 aliphatic heterocycles. The van der Waals surface area contributed by atoms with E-state index in [1.807, 2.05) is 0 Å². The van der Waals surface area contributed by atoms with Crippen molar-refractivity contribution >= 4 is 5.97 Å². The van der Waals surface area contributed by atoms with Crippen LogP contribution in [0, 0.1) is 22.7 Å². The number of aliphatic hydroxyl groups is 1. The number of rotatable bonds is 2. The van der Waals surface area contributed by atoms with Crippen molar-refractivity contribution < 1.29 is 14.6 Å². The van der Waals surface area contributed by atoms with Crippen LogP contribution >= 0.6 is 0 Å². The van der Waals surface area contributed by atoms with Gasteiger partial charge in [-0.25, -0.2) is 0 Å². The highest BCUT2D eigenvalue weighted by atomic mass is 16.5. The number of esters is 1. The number of hydrogen-bond donors (Lipinski definition) is 1. The molecule has 2 saturated carbocycles. The maximum absolute atomic E-state index is 11.2. The zero-order valence-electron chi connectivity index (χ0n) is 13.2. The largest absolute Gasteiger partial charge is 0.465 e. The number of ether oxygens (including phenoxy) is 1. The van der Waals surface area contributed by atoms with Gasteiger partial charge in [0.1, 0.15) is 0 Å². The van der Waals surface area contributed by atoms with Crippen molar-refractivity contribution in [3.63, 3.8) is 0 Å². The van der Waals surface area contributed by atoms with Crippen LogP contribution < -0.4 is 0 Å². The van der Waals surface area contributed by atoms with Crippen molar-refractivity contribution in [3.05, 3.63) is 12.2 Å². The van der Waals surface area contributed by atoms with Crippen LogP contribution in [-0.4, -0.2) is 23.8 Å². The maximum Gasteiger partial charge on any atom is 0.302 e. The molecule has 0 heterocycles. The molecule has 3 nitrogen and oxygen atoms in total. The van der Waals surface area contributed by atoms with E-state index in [0.717, 1.165) is 18.4 Å². The zero-order chi connectivity index (χ0) is 15.1. The molecule has 1 unspecified atom stereocenters. The van der Waals surface area contributed by atoms with Crippen LogP contribution in [0.15, 0.2) is 12.2 Å². The van der Waals surface area contributed by atoms with Gasteiger partial charge in [0.05, 0.1) is 12.7 Å². The molecule has 1 N–H and O–H groups in total. The Balaban J connectivity index is 2.31. The smallest absolute Gasteiger partial charge is 0.302 e. The Morgan fingerprint density at radius 3 is 2.65 bits per heavy atom. The fraction of sp³-hybridized carbons (Fsp3) is 0.824. The first-order valence-corrected chi connectivity index (χ1v) is 7.68. The highest BCUT2D eigenvalue weighted by Crippen LogP contribution is 2.60. The van der Waals surface area contributed by atoms with Crippen molar-refractivity contribution in [1.29, 1.82) is 0 Å². The number of carbonyl (C=O) groups is 1. The first-order chi connectivity index (χ1) is 9.18. The van der Waals surface area contributed by atoms with Gasteiger partial charge < -0.3 is 9.84 Å². The van der Waals surface area contributed by atoms with E-state index in [4.69, 9.17) is 4.74 Å². The molecule has 2 aliphatic carbocycles. The molecule has 2 aliphatic rings. The first kappa shape index (κ1) is 15.6. The molecular formula is C17H28O3. The van der Waals surface area contributed by atoms with Crippen LogP contribution in [0.3, 0.4) is 0 Å². The van der Waals surface area contributed by atoms with E-state index in [2.05, 4.69) is 27.4 Å². The van der Waals surface area contributed by atoms with Crippen LogP contribution in [0.2, 0.25) is 0 Å². The van der Waals surface area contributed by atoms with Gasteiger partial charge in [0.15, 0.2) is 0 Å². The molecule has 114 valence electrons. The highest BCUT2D eigenvalue weighted by Gasteiger charge is 2.55. The second-order valence-electron chi connectivity index (χ2n) is 7.58. The molecule has 20 heavy (non-hydrogen) atoms. The van der Waals surface area contributed by atoms with E-state index in [0.29, 0.717) is 12.5 Å². The van der Waals surface area contributed by atoms with Gasteiger partial charge in [0.2, 0.25) is 0 Å². The van der Waals surface area contributed by atoms with E-state index >= 15 is 0 Å². The summed E-state index contributed by atoms with van der Waals surface area (Å²) in [6.45, 7) is 12.8. The van der Waals surface area contributed by atoms with Crippen molar-refractivity contribution in [2.24, 2.45) is 22.7 Å². The van der Waals surface area contributed by atoms with E-state index in [1.165, 1.54) is 19.8 Å². The SMILES string of the molecule is C=C1[C@H](O)CC2C(C)(C)CCC[C@]2(C)[C@H]1COC(C)=O. The van der Waals surface area contributed by atoms with E-state index in [9.17, 15) is 9.90 Å². The fourth-order valence-electron chi connectivity index (χ4n) is 4.70. The molecule has 0 aromatic rings. The maximum atomic E-state index is 11.2. The standard InChI is InChI=1S/C17H28O3/c1-11-13(10-20-12(2)18)17(5)8-6-7-16(3,4)15(17)9-14(11)19/h13-15,19H,1,6-10H2,2-5H3/t13-,14+,15?,17+/m0/s1. The van der Waals surface area contributed by atoms with Crippen LogP contribution in [0.5, 0.6) is 0 Å². The summed E-state index contributed by atoms with van der Waals surface area (Å²) in [5.41, 5.74) is 1.15. The summed E-state index contributed by atoms with van der Waals surface area (Å²) in [7, 11) is 0. The van der Waals surface area contributed by atoms with Gasteiger partial charge in [-0.1, -0.05) is 33.8 Å². The van der Waals surface area contributed by atoms with E-state index < -0.39 is 6.10 Å². The lowest BCUT2D eigenvalue weighted by Gasteiger charge is -2.58. The molecule has 3 heteroatoms. The van der Waals surface area contributed by atoms with Gasteiger partial charge in [-0.15, -0.1) is 0 Å². The monoisotopic (exact) mass is 280 g/mol. The van der Waals surface area contributed by atoms with Gasteiger partial charge in [-0.3, -0.25) is 4.79 Å². The molecule has 0 aromatic carbocycles. The normalized spacial score (nSPS) is 40.0. The van der Waals surface area contributed by atoms with Crippen molar-refractivity contribution in [2.45, 2.75) is 59.5 Å². The van der Waals surface area contributed by atoms with Crippen molar-refractivity contribution in [2.75, 3.05) is 6.61 Å². The average Bonchev–Trinajstić information content (AvgIpc) is 2.31. The molecular weight excluding hydrogens is 252 g/mol. The van der Waals surface area contributed by atoms with E-state index in [1.54, 1.807) is 0 Å². The van der Waals surface area contributed by atoms with E-state index in [-0.39, 0.29) is 22.7 Å². The Kier molecular flexibility index (Phi) is 4.03. The van der Waals surface area contributed by atoms with Crippen molar-refractivity contribution in [1.82, 2.24) is 0 Å². The van der Waals surface area contributed by atoms with Crippen LogP contribution in [0.1, 0.15) is 53.4 Å². The minimum Gasteiger partial charge on any atom is -0.465 e. The third-order valence-corrected chi connectivity index (χ3v) is 5.86. The average molecular weight is 280 g/mol. The van der Waals surface area contributed by atoms with Crippen LogP contribution in [0.25, 0.3) is 0 Å². The summed E-state index contributed by atoms with van der Waals surface area (Å²) in [4.78, 5) is 11.2. The Morgan fingerprint density at radius 2 is 2.05 bits per heavy atom. The number of fused-ring (bicyclic) bond motifs is 1. The second kappa shape index (κ2) is 5.18. The lowest BCUT2D eigenvalue weighted by atomic mass is 9.47. The van der Waals surface area contributed by atoms with Crippen LogP contribution in [-0.2, 0) is 9.53 Å². The topological polar surface area (TPSA) is 46.5 Å². The minimum atomic E-state index is -0.467. The predicted molar refractivity (Wildman–Crippen MR) is 79.1 cm³/mol. The minimum absolute atomic E-state index is 0.0692. The molecule has 0 saturated heterocycles. The van der Waals surface area contributed by atoms with Crippen LogP contribution in [0.4, 0.5) is 0 Å². The predicted octanol–water partition coefficient (Wildman–Crippen LogP) is 3.32. The summed E-state index contributed by atoms with van der Waals surface area (Å²) in [6, 6.07) is 0. The molecule has 0 aromatic heterocycles. The molecule has 2 rings (SSSR count). The summed E-state index contributed by atoms with van der Waals surface area (Å²) < 4.78 is 5.27. The van der Waals surface area contributed by atoms with Gasteiger partial charge in [0, 0.05) is 12.8 Å². The van der Waals surface area contributed by atoms with Gasteiger partial charge >= 0.3 is 5.97 Å². The lowest BCUT2D eigenvalue weighted by Crippen LogP contribution is -2.54. The molecule has 4 atom stereocenters. The lowest BCUT2D eigenvalue weighted by molar-refractivity contribution is -0.148. The first-order valence-electron chi connectivity index (χ1n) is 7.68. The van der Waals surface area contributed by atoms with Gasteiger partial charge in [-0.05, 0) is 41.6 Å². The third kappa shape index (κ3) is 2.52. The Hall–Kier alpha value is -0.830. The molecule has 0 bridgehead atoms. The molecule has 0 spiro atoms. The number of hydrogen-bond acceptors (Lipinski definition) is 3. The van der Waals surface area contributed by atoms with Gasteiger partial charge in [-0.2, -0.15) is 0 Å². The fourth-order valence-corrected chi connectivity index (χ4v) is 4.70. The molecule has 2 fully saturated rings. The van der Waals surface area contributed by atoms with Crippen molar-refractivity contribution in [3.8, 4) is 0 Å². The van der Waals surface area contributed by atoms with Gasteiger partial charge in [0.25, 0.3) is 0 Å². The number of aliphatic hydroxyl groups excluding tert-OH is 1. The molecule has 0 amide bonds. The Bertz CT molecular complexity index is 412. The summed E-state index contributed by atoms with van der Waals surface area (Å²) in [5, 5.41) is 10.4. The summed E-state index contributed by atoms with van der Waals surface area (Å²) >= 11 is 0. The second-order valence-corrected chi connectivity index (χ2v) is 7.58. The summed E-state index contributed by atoms with van der Waals surface area (Å²) in [5.74, 6) is 0.262. The molecule has 0 radical (unpaired) electrons. The quantitative estimate of drug-likeness (QED) is 0.623.